The van der Waals surface area contributed by atoms with Gasteiger partial charge in [0.2, 0.25) is 0 Å². The summed E-state index contributed by atoms with van der Waals surface area (Å²) >= 11 is 0. The lowest BCUT2D eigenvalue weighted by atomic mass is 9.64. The van der Waals surface area contributed by atoms with Gasteiger partial charge in [0.1, 0.15) is 0 Å². The Morgan fingerprint density at radius 2 is 1.61 bits per heavy atom. The minimum Gasteiger partial charge on any atom is -0.396 e. The molecule has 0 spiro atoms. The average Bonchev–Trinajstić information content (AvgIpc) is 2.53. The van der Waals surface area contributed by atoms with E-state index in [4.69, 9.17) is 4.74 Å². The fourth-order valence-electron chi connectivity index (χ4n) is 4.30. The Hall–Kier alpha value is -0.0800. The highest BCUT2D eigenvalue weighted by atomic mass is 16.5. The molecule has 1 aliphatic rings. The maximum atomic E-state index is 9.98. The van der Waals surface area contributed by atoms with Crippen molar-refractivity contribution < 1.29 is 9.84 Å². The van der Waals surface area contributed by atoms with E-state index in [1.54, 1.807) is 0 Å². The fraction of sp³-hybridized carbons (Fsp3) is 1.00. The van der Waals surface area contributed by atoms with E-state index in [0.29, 0.717) is 18.4 Å². The summed E-state index contributed by atoms with van der Waals surface area (Å²) in [5.41, 5.74) is 0.208. The fourth-order valence-corrected chi connectivity index (χ4v) is 4.30. The molecule has 1 saturated carbocycles. The van der Waals surface area contributed by atoms with E-state index in [2.05, 4.69) is 27.7 Å². The van der Waals surface area contributed by atoms with Crippen molar-refractivity contribution in [3.8, 4) is 0 Å². The van der Waals surface area contributed by atoms with Crippen molar-refractivity contribution >= 4 is 0 Å². The zero-order valence-electron chi connectivity index (χ0n) is 16.3. The van der Waals surface area contributed by atoms with Gasteiger partial charge in [-0.15, -0.1) is 0 Å². The first-order valence-corrected chi connectivity index (χ1v) is 10.3. The summed E-state index contributed by atoms with van der Waals surface area (Å²) < 4.78 is 6.19. The van der Waals surface area contributed by atoms with Crippen LogP contribution in [0.15, 0.2) is 0 Å². The third kappa shape index (κ3) is 7.13. The highest BCUT2D eigenvalue weighted by Crippen LogP contribution is 2.45. The molecular formula is C21H42O2. The van der Waals surface area contributed by atoms with Gasteiger partial charge in [-0.05, 0) is 30.6 Å². The Labute approximate surface area is 145 Å². The second-order valence-electron chi connectivity index (χ2n) is 8.34. The van der Waals surface area contributed by atoms with Crippen molar-refractivity contribution in [3.05, 3.63) is 0 Å². The lowest BCUT2D eigenvalue weighted by Crippen LogP contribution is -2.47. The summed E-state index contributed by atoms with van der Waals surface area (Å²) in [5.74, 6) is 0.996. The van der Waals surface area contributed by atoms with Gasteiger partial charge in [-0.2, -0.15) is 0 Å². The molecule has 1 fully saturated rings. The van der Waals surface area contributed by atoms with Crippen molar-refractivity contribution in [1.29, 1.82) is 0 Å². The van der Waals surface area contributed by atoms with Gasteiger partial charge in [-0.1, -0.05) is 79.1 Å². The van der Waals surface area contributed by atoms with Gasteiger partial charge < -0.3 is 9.84 Å². The van der Waals surface area contributed by atoms with Crippen LogP contribution < -0.4 is 0 Å². The van der Waals surface area contributed by atoms with Crippen LogP contribution in [0.2, 0.25) is 0 Å². The minimum atomic E-state index is 0.208. The first-order valence-electron chi connectivity index (χ1n) is 10.3. The van der Waals surface area contributed by atoms with Gasteiger partial charge in [-0.3, -0.25) is 0 Å². The SMILES string of the molecule is CCCCCCCCCC1CCC(C)(C)C(OCCC)C1CO. The Balaban J connectivity index is 2.39. The van der Waals surface area contributed by atoms with E-state index in [1.165, 1.54) is 64.2 Å². The molecule has 0 amide bonds. The standard InChI is InChI=1S/C21H42O2/c1-5-7-8-9-10-11-12-13-18-14-15-21(3,4)20(19(18)17-22)23-16-6-2/h18-20,22H,5-17H2,1-4H3. The highest BCUT2D eigenvalue weighted by molar-refractivity contribution is 4.93. The molecular weight excluding hydrogens is 284 g/mol. The lowest BCUT2D eigenvalue weighted by molar-refractivity contribution is -0.119. The Kier molecular flexibility index (Phi) is 10.5. The smallest absolute Gasteiger partial charge is 0.0678 e. The normalized spacial score (nSPS) is 27.3. The molecule has 0 bridgehead atoms. The van der Waals surface area contributed by atoms with E-state index in [-0.39, 0.29) is 11.5 Å². The van der Waals surface area contributed by atoms with Crippen LogP contribution in [0, 0.1) is 17.3 Å². The van der Waals surface area contributed by atoms with Crippen LogP contribution in [0.3, 0.4) is 0 Å². The summed E-state index contributed by atoms with van der Waals surface area (Å²) in [5, 5.41) is 9.98. The lowest BCUT2D eigenvalue weighted by Gasteiger charge is -2.47. The molecule has 23 heavy (non-hydrogen) atoms. The molecule has 1 rings (SSSR count). The van der Waals surface area contributed by atoms with E-state index in [1.807, 2.05) is 0 Å². The summed E-state index contributed by atoms with van der Waals surface area (Å²) in [7, 11) is 0. The van der Waals surface area contributed by atoms with Crippen LogP contribution >= 0.6 is 0 Å². The topological polar surface area (TPSA) is 29.5 Å². The van der Waals surface area contributed by atoms with Crippen molar-refractivity contribution in [2.24, 2.45) is 17.3 Å². The van der Waals surface area contributed by atoms with Crippen LogP contribution in [0.1, 0.15) is 98.3 Å². The van der Waals surface area contributed by atoms with E-state index in [9.17, 15) is 5.11 Å². The first-order chi connectivity index (χ1) is 11.1. The first kappa shape index (κ1) is 21.0. The number of ether oxygens (including phenoxy) is 1. The second kappa shape index (κ2) is 11.5. The minimum absolute atomic E-state index is 0.208. The third-order valence-electron chi connectivity index (χ3n) is 5.81. The van der Waals surface area contributed by atoms with Crippen molar-refractivity contribution in [3.63, 3.8) is 0 Å². The molecule has 3 unspecified atom stereocenters. The molecule has 0 radical (unpaired) electrons. The monoisotopic (exact) mass is 326 g/mol. The molecule has 1 aliphatic carbocycles. The van der Waals surface area contributed by atoms with Crippen LogP contribution in [0.4, 0.5) is 0 Å². The number of unbranched alkanes of at least 4 members (excludes halogenated alkanes) is 6. The van der Waals surface area contributed by atoms with Gasteiger partial charge in [0.25, 0.3) is 0 Å². The molecule has 0 saturated heterocycles. The van der Waals surface area contributed by atoms with Gasteiger partial charge in [0.05, 0.1) is 6.10 Å². The largest absolute Gasteiger partial charge is 0.396 e. The predicted octanol–water partition coefficient (Wildman–Crippen LogP) is 5.97. The summed E-state index contributed by atoms with van der Waals surface area (Å²) in [4.78, 5) is 0. The zero-order chi connectivity index (χ0) is 17.1. The number of rotatable bonds is 12. The summed E-state index contributed by atoms with van der Waals surface area (Å²) in [6, 6.07) is 0. The zero-order valence-corrected chi connectivity index (χ0v) is 16.3. The van der Waals surface area contributed by atoms with Gasteiger partial charge >= 0.3 is 0 Å². The number of aliphatic hydroxyl groups excluding tert-OH is 1. The second-order valence-corrected chi connectivity index (χ2v) is 8.34. The van der Waals surface area contributed by atoms with Crippen molar-refractivity contribution in [2.45, 2.75) is 104 Å². The van der Waals surface area contributed by atoms with Crippen molar-refractivity contribution in [2.75, 3.05) is 13.2 Å². The molecule has 3 atom stereocenters. The molecule has 0 aliphatic heterocycles. The highest BCUT2D eigenvalue weighted by Gasteiger charge is 2.43. The van der Waals surface area contributed by atoms with Crippen LogP contribution in [-0.2, 0) is 4.74 Å². The van der Waals surface area contributed by atoms with Crippen LogP contribution in [0.5, 0.6) is 0 Å². The van der Waals surface area contributed by atoms with E-state index < -0.39 is 0 Å². The molecule has 2 nitrogen and oxygen atoms in total. The molecule has 0 aromatic carbocycles. The van der Waals surface area contributed by atoms with Crippen molar-refractivity contribution in [1.82, 2.24) is 0 Å². The molecule has 138 valence electrons. The summed E-state index contributed by atoms with van der Waals surface area (Å²) in [6.07, 6.45) is 14.7. The molecule has 0 aromatic rings. The van der Waals surface area contributed by atoms with E-state index in [0.717, 1.165) is 13.0 Å². The average molecular weight is 327 g/mol. The molecule has 0 aromatic heterocycles. The quantitative estimate of drug-likeness (QED) is 0.448. The van der Waals surface area contributed by atoms with E-state index >= 15 is 0 Å². The molecule has 1 N–H and O–H groups in total. The maximum absolute atomic E-state index is 9.98. The predicted molar refractivity (Wildman–Crippen MR) is 99.7 cm³/mol. The van der Waals surface area contributed by atoms with Gasteiger partial charge in [0, 0.05) is 19.1 Å². The Morgan fingerprint density at radius 3 is 2.22 bits per heavy atom. The third-order valence-corrected chi connectivity index (χ3v) is 5.81. The number of hydrogen-bond acceptors (Lipinski definition) is 2. The Bertz CT molecular complexity index is 288. The molecule has 2 heteroatoms. The van der Waals surface area contributed by atoms with Gasteiger partial charge in [0.15, 0.2) is 0 Å². The number of hydrogen-bond donors (Lipinski definition) is 1. The number of aliphatic hydroxyl groups is 1. The maximum Gasteiger partial charge on any atom is 0.0678 e. The Morgan fingerprint density at radius 1 is 0.957 bits per heavy atom. The van der Waals surface area contributed by atoms with Crippen LogP contribution in [-0.4, -0.2) is 24.4 Å². The van der Waals surface area contributed by atoms with Gasteiger partial charge in [-0.25, -0.2) is 0 Å². The molecule has 0 heterocycles. The van der Waals surface area contributed by atoms with Crippen LogP contribution in [0.25, 0.3) is 0 Å². The summed E-state index contributed by atoms with van der Waals surface area (Å²) in [6.45, 7) is 10.2.